The van der Waals surface area contributed by atoms with Crippen molar-refractivity contribution in [3.8, 4) is 0 Å². The zero-order valence-corrected chi connectivity index (χ0v) is 21.1. The molecule has 0 spiro atoms. The Balaban J connectivity index is 1.27. The minimum atomic E-state index is -0.662. The quantitative estimate of drug-likeness (QED) is 0.438. The number of benzene rings is 3. The average molecular weight is 502 g/mol. The number of halogens is 1. The fourth-order valence-corrected chi connectivity index (χ4v) is 5.49. The number of nitrogens with one attached hydrogen (secondary N) is 1. The van der Waals surface area contributed by atoms with Crippen LogP contribution >= 0.6 is 0 Å². The minimum Gasteiger partial charge on any atom is -0.352 e. The molecule has 1 saturated carbocycles. The van der Waals surface area contributed by atoms with Gasteiger partial charge >= 0.3 is 0 Å². The molecule has 1 N–H and O–H groups in total. The summed E-state index contributed by atoms with van der Waals surface area (Å²) in [6.07, 6.45) is 4.78. The van der Waals surface area contributed by atoms with Crippen LogP contribution in [0.15, 0.2) is 60.7 Å². The van der Waals surface area contributed by atoms with E-state index in [4.69, 9.17) is 0 Å². The molecular weight excluding hydrogens is 469 g/mol. The number of rotatable bonds is 9. The van der Waals surface area contributed by atoms with Gasteiger partial charge in [0.25, 0.3) is 5.91 Å². The molecule has 37 heavy (non-hydrogen) atoms. The topological polar surface area (TPSA) is 69.7 Å². The van der Waals surface area contributed by atoms with Gasteiger partial charge in [-0.2, -0.15) is 0 Å². The third-order valence-corrected chi connectivity index (χ3v) is 7.56. The van der Waals surface area contributed by atoms with Crippen molar-refractivity contribution in [2.24, 2.45) is 0 Å². The van der Waals surface area contributed by atoms with Gasteiger partial charge in [0, 0.05) is 36.5 Å². The number of anilines is 1. The molecule has 0 unspecified atom stereocenters. The van der Waals surface area contributed by atoms with E-state index in [-0.39, 0.29) is 42.5 Å². The Bertz CT molecular complexity index is 1310. The van der Waals surface area contributed by atoms with E-state index in [0.29, 0.717) is 18.5 Å². The molecule has 1 atom stereocenters. The van der Waals surface area contributed by atoms with Crippen LogP contribution < -0.4 is 10.2 Å². The molecule has 0 saturated heterocycles. The van der Waals surface area contributed by atoms with Crippen LogP contribution in [-0.2, 0) is 16.1 Å². The van der Waals surface area contributed by atoms with Gasteiger partial charge in [0.15, 0.2) is 0 Å². The van der Waals surface area contributed by atoms with Crippen molar-refractivity contribution in [2.75, 3.05) is 11.4 Å². The zero-order valence-electron chi connectivity index (χ0n) is 21.1. The number of hydrogen-bond donors (Lipinski definition) is 1. The van der Waals surface area contributed by atoms with E-state index in [2.05, 4.69) is 5.32 Å². The van der Waals surface area contributed by atoms with Crippen LogP contribution in [0.3, 0.4) is 0 Å². The minimum absolute atomic E-state index is 0.0493. The summed E-state index contributed by atoms with van der Waals surface area (Å²) >= 11 is 0. The first-order valence-electron chi connectivity index (χ1n) is 13.1. The van der Waals surface area contributed by atoms with Gasteiger partial charge in [-0.3, -0.25) is 14.4 Å². The molecular formula is C30H32FN3O3. The van der Waals surface area contributed by atoms with Crippen LogP contribution in [-0.4, -0.2) is 41.2 Å². The average Bonchev–Trinajstić information content (AvgIpc) is 3.51. The number of carbonyl (C=O) groups is 3. The van der Waals surface area contributed by atoms with Crippen LogP contribution in [0.2, 0.25) is 0 Å². The van der Waals surface area contributed by atoms with E-state index in [1.807, 2.05) is 36.4 Å². The number of nitrogens with zero attached hydrogens (tertiary/aromatic N) is 2. The predicted octanol–water partition coefficient (Wildman–Crippen LogP) is 5.20. The van der Waals surface area contributed by atoms with Crippen molar-refractivity contribution in [1.82, 2.24) is 10.2 Å². The second kappa shape index (κ2) is 10.7. The van der Waals surface area contributed by atoms with Crippen LogP contribution in [0, 0.1) is 5.82 Å². The Hall–Kier alpha value is -3.74. The Morgan fingerprint density at radius 1 is 1.05 bits per heavy atom. The third kappa shape index (κ3) is 5.22. The molecule has 5 rings (SSSR count). The van der Waals surface area contributed by atoms with E-state index >= 15 is 0 Å². The third-order valence-electron chi connectivity index (χ3n) is 7.56. The van der Waals surface area contributed by atoms with Crippen LogP contribution in [0.1, 0.15) is 61.4 Å². The molecule has 1 heterocycles. The van der Waals surface area contributed by atoms with Gasteiger partial charge in [-0.1, -0.05) is 49.2 Å². The summed E-state index contributed by atoms with van der Waals surface area (Å²) in [5, 5.41) is 5.07. The molecule has 3 aromatic rings. The van der Waals surface area contributed by atoms with Gasteiger partial charge in [0.05, 0.1) is 5.69 Å². The smallest absolute Gasteiger partial charge is 0.258 e. The maximum atomic E-state index is 13.4. The van der Waals surface area contributed by atoms with Gasteiger partial charge < -0.3 is 15.1 Å². The highest BCUT2D eigenvalue weighted by Gasteiger charge is 2.31. The van der Waals surface area contributed by atoms with Crippen LogP contribution in [0.4, 0.5) is 10.1 Å². The number of carbonyl (C=O) groups excluding carboxylic acids is 3. The Morgan fingerprint density at radius 2 is 1.76 bits per heavy atom. The summed E-state index contributed by atoms with van der Waals surface area (Å²) in [5.74, 6) is -0.730. The standard InChI is InChI=1S/C30H32FN3O3/c1-20(29(36)32-24-9-2-3-10-24)34(19-21-14-16-23(31)17-15-21)27(35)13-6-18-33-26-12-5-8-22-7-4-11-25(28(22)26)30(33)37/h4-5,7-8,11-12,14-17,20,24H,2-3,6,9-10,13,18-19H2,1H3,(H,32,36)/t20-/m1/s1. The molecule has 2 aliphatic rings. The van der Waals surface area contributed by atoms with Crippen molar-refractivity contribution in [2.45, 2.75) is 64.1 Å². The van der Waals surface area contributed by atoms with Crippen LogP contribution in [0.5, 0.6) is 0 Å². The molecule has 7 heteroatoms. The molecule has 192 valence electrons. The highest BCUT2D eigenvalue weighted by Crippen LogP contribution is 2.37. The van der Waals surface area contributed by atoms with Crippen molar-refractivity contribution in [3.63, 3.8) is 0 Å². The number of hydrogen-bond acceptors (Lipinski definition) is 3. The summed E-state index contributed by atoms with van der Waals surface area (Å²) in [5.41, 5.74) is 2.32. The van der Waals surface area contributed by atoms with Crippen molar-refractivity contribution in [1.29, 1.82) is 0 Å². The lowest BCUT2D eigenvalue weighted by Gasteiger charge is -2.30. The van der Waals surface area contributed by atoms with Crippen molar-refractivity contribution in [3.05, 3.63) is 77.6 Å². The Labute approximate surface area is 216 Å². The van der Waals surface area contributed by atoms with Gasteiger partial charge in [-0.25, -0.2) is 4.39 Å². The second-order valence-corrected chi connectivity index (χ2v) is 10.1. The first kappa shape index (κ1) is 24.9. The predicted molar refractivity (Wildman–Crippen MR) is 142 cm³/mol. The summed E-state index contributed by atoms with van der Waals surface area (Å²) in [7, 11) is 0. The van der Waals surface area contributed by atoms with Crippen molar-refractivity contribution >= 4 is 34.2 Å². The summed E-state index contributed by atoms with van der Waals surface area (Å²) in [6, 6.07) is 17.1. The molecule has 1 fully saturated rings. The zero-order chi connectivity index (χ0) is 25.9. The summed E-state index contributed by atoms with van der Waals surface area (Å²) in [6.45, 7) is 2.37. The van der Waals surface area contributed by atoms with E-state index in [9.17, 15) is 18.8 Å². The summed E-state index contributed by atoms with van der Waals surface area (Å²) in [4.78, 5) is 42.8. The molecule has 0 aromatic heterocycles. The Kier molecular flexibility index (Phi) is 7.22. The van der Waals surface area contributed by atoms with E-state index < -0.39 is 6.04 Å². The Morgan fingerprint density at radius 3 is 2.49 bits per heavy atom. The highest BCUT2D eigenvalue weighted by molar-refractivity contribution is 6.25. The van der Waals surface area contributed by atoms with Crippen LogP contribution in [0.25, 0.3) is 10.8 Å². The SMILES string of the molecule is C[C@H](C(=O)NC1CCCC1)N(Cc1ccc(F)cc1)C(=O)CCCN1C(=O)c2cccc3cccc1c23. The molecule has 1 aliphatic heterocycles. The van der Waals surface area contributed by atoms with Gasteiger partial charge in [0.1, 0.15) is 11.9 Å². The largest absolute Gasteiger partial charge is 0.352 e. The molecule has 3 amide bonds. The molecule has 1 aliphatic carbocycles. The first-order chi connectivity index (χ1) is 17.9. The van der Waals surface area contributed by atoms with Crippen molar-refractivity contribution < 1.29 is 18.8 Å². The fraction of sp³-hybridized carbons (Fsp3) is 0.367. The lowest BCUT2D eigenvalue weighted by Crippen LogP contribution is -2.49. The lowest BCUT2D eigenvalue weighted by molar-refractivity contribution is -0.141. The molecule has 6 nitrogen and oxygen atoms in total. The van der Waals surface area contributed by atoms with E-state index in [1.165, 1.54) is 12.1 Å². The molecule has 3 aromatic carbocycles. The first-order valence-corrected chi connectivity index (χ1v) is 13.1. The lowest BCUT2D eigenvalue weighted by atomic mass is 10.1. The monoisotopic (exact) mass is 501 g/mol. The van der Waals surface area contributed by atoms with E-state index in [1.54, 1.807) is 28.9 Å². The highest BCUT2D eigenvalue weighted by atomic mass is 19.1. The fourth-order valence-electron chi connectivity index (χ4n) is 5.49. The molecule has 0 radical (unpaired) electrons. The normalized spacial score (nSPS) is 15.8. The molecule has 0 bridgehead atoms. The van der Waals surface area contributed by atoms with E-state index in [0.717, 1.165) is 47.7 Å². The van der Waals surface area contributed by atoms with Gasteiger partial charge in [0.2, 0.25) is 11.8 Å². The maximum Gasteiger partial charge on any atom is 0.258 e. The van der Waals surface area contributed by atoms with Gasteiger partial charge in [-0.05, 0) is 61.4 Å². The van der Waals surface area contributed by atoms with Gasteiger partial charge in [-0.15, -0.1) is 0 Å². The second-order valence-electron chi connectivity index (χ2n) is 10.1. The summed E-state index contributed by atoms with van der Waals surface area (Å²) < 4.78 is 13.4. The maximum absolute atomic E-state index is 13.4. The number of amides is 3.